The lowest BCUT2D eigenvalue weighted by Gasteiger charge is -2.17. The van der Waals surface area contributed by atoms with Gasteiger partial charge in [-0.2, -0.15) is 5.26 Å². The van der Waals surface area contributed by atoms with Gasteiger partial charge < -0.3 is 14.8 Å². The molecular weight excluding hydrogens is 424 g/mol. The highest BCUT2D eigenvalue weighted by Crippen LogP contribution is 2.39. The molecule has 3 aromatic rings. The fourth-order valence-corrected chi connectivity index (χ4v) is 5.00. The van der Waals surface area contributed by atoms with Gasteiger partial charge in [0.2, 0.25) is 0 Å². The molecule has 0 saturated carbocycles. The van der Waals surface area contributed by atoms with Crippen molar-refractivity contribution in [3.63, 3.8) is 0 Å². The number of amides is 1. The second kappa shape index (κ2) is 9.67. The van der Waals surface area contributed by atoms with Crippen molar-refractivity contribution in [2.24, 2.45) is 5.92 Å². The normalized spacial score (nSPS) is 14.7. The van der Waals surface area contributed by atoms with Crippen molar-refractivity contribution in [2.45, 2.75) is 26.2 Å². The van der Waals surface area contributed by atoms with E-state index in [1.54, 1.807) is 24.3 Å². The maximum atomic E-state index is 12.3. The highest BCUT2D eigenvalue weighted by Gasteiger charge is 2.24. The predicted molar refractivity (Wildman–Crippen MR) is 122 cm³/mol. The van der Waals surface area contributed by atoms with Crippen LogP contribution in [0.25, 0.3) is 0 Å². The Balaban J connectivity index is 1.32. The topological polar surface area (TPSA) is 88.4 Å². The Morgan fingerprint density at radius 2 is 1.84 bits per heavy atom. The molecule has 162 valence electrons. The Bertz CT molecular complexity index is 1160. The van der Waals surface area contributed by atoms with Gasteiger partial charge in [-0.05, 0) is 67.1 Å². The number of hydrogen-bond donors (Lipinski definition) is 1. The summed E-state index contributed by atoms with van der Waals surface area (Å²) in [4.78, 5) is 25.8. The number of esters is 1. The van der Waals surface area contributed by atoms with Gasteiger partial charge in [-0.3, -0.25) is 4.79 Å². The van der Waals surface area contributed by atoms with Crippen LogP contribution >= 0.6 is 11.3 Å². The number of nitriles is 1. The number of hydrogen-bond acceptors (Lipinski definition) is 6. The smallest absolute Gasteiger partial charge is 0.338 e. The molecule has 1 aliphatic carbocycles. The molecule has 6 nitrogen and oxygen atoms in total. The molecule has 0 saturated heterocycles. The number of nitrogens with one attached hydrogen (secondary N) is 1. The minimum absolute atomic E-state index is 0.316. The SMILES string of the molecule is C[C@H]1CCc2c(sc(NC(=O)COC(=O)c3ccc(Oc4ccccc4)cc3)c2C#N)C1. The second-order valence-corrected chi connectivity index (χ2v) is 8.84. The molecule has 4 rings (SSSR count). The van der Waals surface area contributed by atoms with E-state index in [4.69, 9.17) is 9.47 Å². The minimum atomic E-state index is -0.605. The van der Waals surface area contributed by atoms with E-state index in [1.165, 1.54) is 11.3 Å². The lowest BCUT2D eigenvalue weighted by molar-refractivity contribution is -0.119. The number of para-hydroxylation sites is 1. The molecule has 7 heteroatoms. The van der Waals surface area contributed by atoms with Crippen molar-refractivity contribution in [2.75, 3.05) is 11.9 Å². The molecule has 1 amide bonds. The molecule has 0 unspecified atom stereocenters. The van der Waals surface area contributed by atoms with Crippen molar-refractivity contribution >= 4 is 28.2 Å². The number of ether oxygens (including phenoxy) is 2. The van der Waals surface area contributed by atoms with E-state index in [0.29, 0.717) is 33.5 Å². The Labute approximate surface area is 190 Å². The molecular formula is C25H22N2O4S. The average molecular weight is 447 g/mol. The maximum absolute atomic E-state index is 12.3. The Morgan fingerprint density at radius 1 is 1.12 bits per heavy atom. The van der Waals surface area contributed by atoms with Crippen LogP contribution in [-0.2, 0) is 22.4 Å². The van der Waals surface area contributed by atoms with Crippen LogP contribution in [0.2, 0.25) is 0 Å². The lowest BCUT2D eigenvalue weighted by atomic mass is 9.89. The van der Waals surface area contributed by atoms with Crippen molar-refractivity contribution < 1.29 is 19.1 Å². The van der Waals surface area contributed by atoms with Gasteiger partial charge in [-0.25, -0.2) is 4.79 Å². The van der Waals surface area contributed by atoms with Gasteiger partial charge in [-0.15, -0.1) is 11.3 Å². The zero-order valence-corrected chi connectivity index (χ0v) is 18.4. The molecule has 0 radical (unpaired) electrons. The van der Waals surface area contributed by atoms with E-state index in [1.807, 2.05) is 30.3 Å². The molecule has 1 aliphatic rings. The molecule has 1 aromatic heterocycles. The average Bonchev–Trinajstić information content (AvgIpc) is 3.14. The Hall–Kier alpha value is -3.63. The summed E-state index contributed by atoms with van der Waals surface area (Å²) in [6.07, 6.45) is 2.81. The third-order valence-electron chi connectivity index (χ3n) is 5.28. The molecule has 0 fully saturated rings. The summed E-state index contributed by atoms with van der Waals surface area (Å²) in [5.74, 6) is 0.782. The van der Waals surface area contributed by atoms with Crippen LogP contribution in [0, 0.1) is 17.2 Å². The van der Waals surface area contributed by atoms with Gasteiger partial charge in [0, 0.05) is 4.88 Å². The predicted octanol–water partition coefficient (Wildman–Crippen LogP) is 5.33. The number of anilines is 1. The van der Waals surface area contributed by atoms with Gasteiger partial charge in [0.1, 0.15) is 22.6 Å². The number of fused-ring (bicyclic) bond motifs is 1. The van der Waals surface area contributed by atoms with Crippen LogP contribution in [0.3, 0.4) is 0 Å². The number of benzene rings is 2. The van der Waals surface area contributed by atoms with Crippen LogP contribution in [0.1, 0.15) is 39.7 Å². The van der Waals surface area contributed by atoms with Crippen LogP contribution < -0.4 is 10.1 Å². The third-order valence-corrected chi connectivity index (χ3v) is 6.45. The molecule has 0 aliphatic heterocycles. The van der Waals surface area contributed by atoms with Gasteiger partial charge in [0.05, 0.1) is 11.1 Å². The van der Waals surface area contributed by atoms with Gasteiger partial charge in [-0.1, -0.05) is 25.1 Å². The van der Waals surface area contributed by atoms with Crippen molar-refractivity contribution in [1.29, 1.82) is 5.26 Å². The van der Waals surface area contributed by atoms with E-state index < -0.39 is 18.5 Å². The molecule has 1 N–H and O–H groups in total. The van der Waals surface area contributed by atoms with Gasteiger partial charge in [0.15, 0.2) is 6.61 Å². The number of nitrogens with zero attached hydrogens (tertiary/aromatic N) is 1. The summed E-state index contributed by atoms with van der Waals surface area (Å²) < 4.78 is 10.8. The fourth-order valence-electron chi connectivity index (χ4n) is 3.62. The Kier molecular flexibility index (Phi) is 6.52. The van der Waals surface area contributed by atoms with Crippen molar-refractivity contribution in [3.8, 4) is 17.6 Å². The highest BCUT2D eigenvalue weighted by atomic mass is 32.1. The largest absolute Gasteiger partial charge is 0.457 e. The second-order valence-electron chi connectivity index (χ2n) is 7.73. The number of carbonyl (C=O) groups excluding carboxylic acids is 2. The summed E-state index contributed by atoms with van der Waals surface area (Å²) in [6, 6.07) is 18.0. The quantitative estimate of drug-likeness (QED) is 0.517. The first-order valence-electron chi connectivity index (χ1n) is 10.4. The van der Waals surface area contributed by atoms with Gasteiger partial charge >= 0.3 is 5.97 Å². The number of carbonyl (C=O) groups is 2. The monoisotopic (exact) mass is 446 g/mol. The van der Waals surface area contributed by atoms with Crippen LogP contribution in [-0.4, -0.2) is 18.5 Å². The summed E-state index contributed by atoms with van der Waals surface area (Å²) >= 11 is 1.44. The van der Waals surface area contributed by atoms with Crippen molar-refractivity contribution in [3.05, 3.63) is 76.2 Å². The molecule has 1 heterocycles. The molecule has 2 aromatic carbocycles. The highest BCUT2D eigenvalue weighted by molar-refractivity contribution is 7.16. The minimum Gasteiger partial charge on any atom is -0.457 e. The molecule has 32 heavy (non-hydrogen) atoms. The zero-order valence-electron chi connectivity index (χ0n) is 17.6. The van der Waals surface area contributed by atoms with Crippen LogP contribution in [0.4, 0.5) is 5.00 Å². The van der Waals surface area contributed by atoms with Crippen LogP contribution in [0.15, 0.2) is 54.6 Å². The molecule has 1 atom stereocenters. The van der Waals surface area contributed by atoms with E-state index in [0.717, 1.165) is 29.7 Å². The summed E-state index contributed by atoms with van der Waals surface area (Å²) in [5, 5.41) is 12.8. The van der Waals surface area contributed by atoms with E-state index in [9.17, 15) is 14.9 Å². The summed E-state index contributed by atoms with van der Waals surface area (Å²) in [6.45, 7) is 1.76. The van der Waals surface area contributed by atoms with E-state index in [2.05, 4.69) is 18.3 Å². The third kappa shape index (κ3) is 4.98. The summed E-state index contributed by atoms with van der Waals surface area (Å²) in [5.41, 5.74) is 1.89. The van der Waals surface area contributed by atoms with E-state index in [-0.39, 0.29) is 0 Å². The van der Waals surface area contributed by atoms with Crippen molar-refractivity contribution in [1.82, 2.24) is 0 Å². The first kappa shape index (κ1) is 21.6. The number of rotatable bonds is 6. The Morgan fingerprint density at radius 3 is 2.56 bits per heavy atom. The fraction of sp³-hybridized carbons (Fsp3) is 0.240. The first-order chi connectivity index (χ1) is 15.5. The molecule has 0 spiro atoms. The maximum Gasteiger partial charge on any atom is 0.338 e. The number of thiophene rings is 1. The van der Waals surface area contributed by atoms with Crippen LogP contribution in [0.5, 0.6) is 11.5 Å². The zero-order chi connectivity index (χ0) is 22.5. The summed E-state index contributed by atoms with van der Waals surface area (Å²) in [7, 11) is 0. The molecule has 0 bridgehead atoms. The van der Waals surface area contributed by atoms with E-state index >= 15 is 0 Å². The first-order valence-corrected chi connectivity index (χ1v) is 11.2. The standard InChI is InChI=1S/C25H22N2O4S/c1-16-7-12-20-21(14-26)24(32-22(20)13-16)27-23(28)15-30-25(29)17-8-10-19(11-9-17)31-18-5-3-2-4-6-18/h2-6,8-11,16H,7,12-13,15H2,1H3,(H,27,28)/t16-/m0/s1. The van der Waals surface area contributed by atoms with Gasteiger partial charge in [0.25, 0.3) is 5.91 Å². The lowest BCUT2D eigenvalue weighted by Crippen LogP contribution is -2.20.